The number of pyridine rings is 1. The Labute approximate surface area is 201 Å². The van der Waals surface area contributed by atoms with Gasteiger partial charge in [-0.25, -0.2) is 4.98 Å². The second kappa shape index (κ2) is 8.54. The number of piperidine rings is 1. The monoisotopic (exact) mass is 487 g/mol. The molecule has 0 saturated carbocycles. The standard InChI is InChI=1S/C24H23Cl2N3O4/c1-32-17-4-2-3-15-13-18(33-20(15)17)23(31)28-10-7-24(8-11-28)9-12-29(14-24)22(30)16-5-6-19(25)27-21(16)26/h2-6,13H,7-12,14H2,1H3. The lowest BCUT2D eigenvalue weighted by atomic mass is 9.77. The molecule has 3 aromatic rings. The first-order valence-corrected chi connectivity index (χ1v) is 11.6. The molecule has 2 aliphatic rings. The van der Waals surface area contributed by atoms with Crippen molar-refractivity contribution < 1.29 is 18.7 Å². The number of halogens is 2. The predicted molar refractivity (Wildman–Crippen MR) is 125 cm³/mol. The van der Waals surface area contributed by atoms with E-state index in [0.29, 0.717) is 48.8 Å². The number of hydrogen-bond acceptors (Lipinski definition) is 5. The number of nitrogens with zero attached hydrogens (tertiary/aromatic N) is 3. The van der Waals surface area contributed by atoms with Gasteiger partial charge in [-0.2, -0.15) is 0 Å². The minimum atomic E-state index is -0.129. The molecule has 2 saturated heterocycles. The van der Waals surface area contributed by atoms with Crippen molar-refractivity contribution in [3.05, 3.63) is 58.0 Å². The Morgan fingerprint density at radius 3 is 2.45 bits per heavy atom. The molecular weight excluding hydrogens is 465 g/mol. The number of benzene rings is 1. The molecule has 2 amide bonds. The third kappa shape index (κ3) is 4.04. The van der Waals surface area contributed by atoms with Crippen LogP contribution in [0.3, 0.4) is 0 Å². The van der Waals surface area contributed by atoms with Gasteiger partial charge in [-0.05, 0) is 48.9 Å². The van der Waals surface area contributed by atoms with Crippen molar-refractivity contribution in [3.63, 3.8) is 0 Å². The number of fused-ring (bicyclic) bond motifs is 1. The van der Waals surface area contributed by atoms with Crippen LogP contribution in [0.25, 0.3) is 11.0 Å². The van der Waals surface area contributed by atoms with Crippen molar-refractivity contribution in [3.8, 4) is 5.75 Å². The SMILES string of the molecule is COc1cccc2cc(C(=O)N3CCC4(CC3)CCN(C(=O)c3ccc(Cl)nc3Cl)C4)oc12. The number of aromatic nitrogens is 1. The molecule has 0 unspecified atom stereocenters. The zero-order valence-electron chi connectivity index (χ0n) is 18.1. The second-order valence-electron chi connectivity index (χ2n) is 8.73. The molecule has 33 heavy (non-hydrogen) atoms. The highest BCUT2D eigenvalue weighted by molar-refractivity contribution is 6.34. The molecule has 2 aliphatic heterocycles. The summed E-state index contributed by atoms with van der Waals surface area (Å²) in [5.74, 6) is 0.679. The summed E-state index contributed by atoms with van der Waals surface area (Å²) in [5, 5.41) is 1.22. The van der Waals surface area contributed by atoms with Crippen LogP contribution < -0.4 is 4.74 Å². The van der Waals surface area contributed by atoms with Gasteiger partial charge < -0.3 is 19.0 Å². The Kier molecular flexibility index (Phi) is 5.70. The molecule has 0 atom stereocenters. The summed E-state index contributed by atoms with van der Waals surface area (Å²) < 4.78 is 11.2. The minimum Gasteiger partial charge on any atom is -0.493 e. The molecule has 7 nitrogen and oxygen atoms in total. The third-order valence-corrected chi connectivity index (χ3v) is 7.32. The molecule has 0 aliphatic carbocycles. The van der Waals surface area contributed by atoms with E-state index in [1.807, 2.05) is 28.0 Å². The average Bonchev–Trinajstić information content (AvgIpc) is 3.43. The lowest BCUT2D eigenvalue weighted by Gasteiger charge is -2.39. The number of ether oxygens (including phenoxy) is 1. The van der Waals surface area contributed by atoms with E-state index in [4.69, 9.17) is 32.4 Å². The quantitative estimate of drug-likeness (QED) is 0.490. The van der Waals surface area contributed by atoms with Crippen LogP contribution in [0.15, 0.2) is 40.8 Å². The van der Waals surface area contributed by atoms with Crippen molar-refractivity contribution in [2.24, 2.45) is 5.41 Å². The van der Waals surface area contributed by atoms with Crippen molar-refractivity contribution in [2.45, 2.75) is 19.3 Å². The molecule has 1 spiro atoms. The molecule has 0 N–H and O–H groups in total. The van der Waals surface area contributed by atoms with Crippen LogP contribution in [0.5, 0.6) is 5.75 Å². The van der Waals surface area contributed by atoms with Gasteiger partial charge in [-0.3, -0.25) is 9.59 Å². The highest BCUT2D eigenvalue weighted by atomic mass is 35.5. The summed E-state index contributed by atoms with van der Waals surface area (Å²) in [5.41, 5.74) is 0.957. The molecule has 2 aromatic heterocycles. The average molecular weight is 488 g/mol. The van der Waals surface area contributed by atoms with Crippen molar-refractivity contribution in [2.75, 3.05) is 33.3 Å². The Bertz CT molecular complexity index is 1230. The fourth-order valence-electron chi connectivity index (χ4n) is 4.90. The fraction of sp³-hybridized carbons (Fsp3) is 0.375. The summed E-state index contributed by atoms with van der Waals surface area (Å²) >= 11 is 12.0. The minimum absolute atomic E-state index is 0.00979. The number of amides is 2. The van der Waals surface area contributed by atoms with Crippen LogP contribution in [0.4, 0.5) is 0 Å². The summed E-state index contributed by atoms with van der Waals surface area (Å²) in [6, 6.07) is 10.5. The topological polar surface area (TPSA) is 75.9 Å². The first-order valence-electron chi connectivity index (χ1n) is 10.9. The Balaban J connectivity index is 1.24. The van der Waals surface area contributed by atoms with Gasteiger partial charge in [0.1, 0.15) is 10.3 Å². The number of likely N-dealkylation sites (tertiary alicyclic amines) is 2. The van der Waals surface area contributed by atoms with Crippen molar-refractivity contribution >= 4 is 46.0 Å². The molecule has 5 rings (SSSR count). The number of carbonyl (C=O) groups is 2. The Hall–Kier alpha value is -2.77. The molecular formula is C24H23Cl2N3O4. The summed E-state index contributed by atoms with van der Waals surface area (Å²) in [6.07, 6.45) is 2.57. The number of rotatable bonds is 3. The van der Waals surface area contributed by atoms with E-state index >= 15 is 0 Å². The highest BCUT2D eigenvalue weighted by Crippen LogP contribution is 2.41. The molecule has 1 aromatic carbocycles. The Morgan fingerprint density at radius 2 is 1.76 bits per heavy atom. The normalized spacial score (nSPS) is 17.7. The first-order chi connectivity index (χ1) is 15.9. The van der Waals surface area contributed by atoms with Gasteiger partial charge >= 0.3 is 0 Å². The smallest absolute Gasteiger partial charge is 0.289 e. The van der Waals surface area contributed by atoms with E-state index < -0.39 is 0 Å². The maximum Gasteiger partial charge on any atom is 0.289 e. The number of para-hydroxylation sites is 1. The van der Waals surface area contributed by atoms with Crippen molar-refractivity contribution in [1.82, 2.24) is 14.8 Å². The van der Waals surface area contributed by atoms with Gasteiger partial charge in [0.25, 0.3) is 11.8 Å². The van der Waals surface area contributed by atoms with E-state index in [1.54, 1.807) is 25.3 Å². The molecule has 2 fully saturated rings. The second-order valence-corrected chi connectivity index (χ2v) is 9.48. The summed E-state index contributed by atoms with van der Waals surface area (Å²) in [4.78, 5) is 33.7. The van der Waals surface area contributed by atoms with Gasteiger partial charge in [0.15, 0.2) is 17.1 Å². The fourth-order valence-corrected chi connectivity index (χ4v) is 5.33. The Morgan fingerprint density at radius 1 is 1.03 bits per heavy atom. The molecule has 9 heteroatoms. The van der Waals surface area contributed by atoms with E-state index in [9.17, 15) is 9.59 Å². The van der Waals surface area contributed by atoms with Gasteiger partial charge in [0.05, 0.1) is 12.7 Å². The largest absolute Gasteiger partial charge is 0.493 e. The molecule has 0 radical (unpaired) electrons. The third-order valence-electron chi connectivity index (χ3n) is 6.82. The van der Waals surface area contributed by atoms with Crippen molar-refractivity contribution in [1.29, 1.82) is 0 Å². The van der Waals surface area contributed by atoms with Gasteiger partial charge in [0, 0.05) is 31.6 Å². The maximum atomic E-state index is 13.1. The lowest BCUT2D eigenvalue weighted by Crippen LogP contribution is -2.44. The van der Waals surface area contributed by atoms with E-state index in [2.05, 4.69) is 4.98 Å². The van der Waals surface area contributed by atoms with Crippen LogP contribution in [0.2, 0.25) is 10.3 Å². The molecule has 0 bridgehead atoms. The van der Waals surface area contributed by atoms with E-state index in [0.717, 1.165) is 24.6 Å². The highest BCUT2D eigenvalue weighted by Gasteiger charge is 2.43. The van der Waals surface area contributed by atoms with E-state index in [1.165, 1.54) is 0 Å². The number of hydrogen-bond donors (Lipinski definition) is 0. The zero-order chi connectivity index (χ0) is 23.2. The molecule has 172 valence electrons. The van der Waals surface area contributed by atoms with Gasteiger partial charge in [-0.15, -0.1) is 0 Å². The summed E-state index contributed by atoms with van der Waals surface area (Å²) in [6.45, 7) is 2.56. The van der Waals surface area contributed by atoms with Crippen LogP contribution in [0, 0.1) is 5.41 Å². The molecule has 4 heterocycles. The van der Waals surface area contributed by atoms with E-state index in [-0.39, 0.29) is 27.5 Å². The number of furan rings is 1. The summed E-state index contributed by atoms with van der Waals surface area (Å²) in [7, 11) is 1.58. The maximum absolute atomic E-state index is 13.1. The first kappa shape index (κ1) is 22.0. The van der Waals surface area contributed by atoms with Crippen LogP contribution in [0.1, 0.15) is 40.2 Å². The van der Waals surface area contributed by atoms with Crippen LogP contribution in [-0.4, -0.2) is 59.9 Å². The van der Waals surface area contributed by atoms with Gasteiger partial charge in [-0.1, -0.05) is 35.3 Å². The lowest BCUT2D eigenvalue weighted by molar-refractivity contribution is 0.0542. The van der Waals surface area contributed by atoms with Gasteiger partial charge in [0.2, 0.25) is 0 Å². The zero-order valence-corrected chi connectivity index (χ0v) is 19.7. The predicted octanol–water partition coefficient (Wildman–Crippen LogP) is 4.91. The van der Waals surface area contributed by atoms with Crippen LogP contribution >= 0.6 is 23.2 Å². The van der Waals surface area contributed by atoms with Crippen LogP contribution in [-0.2, 0) is 0 Å². The number of methoxy groups -OCH3 is 1. The number of carbonyl (C=O) groups excluding carboxylic acids is 2.